The molecule has 1 unspecified atom stereocenters. The van der Waals surface area contributed by atoms with E-state index in [4.69, 9.17) is 11.6 Å². The van der Waals surface area contributed by atoms with E-state index in [0.717, 1.165) is 18.6 Å². The minimum Gasteiger partial charge on any atom is -0.348 e. The number of carbonyl (C=O) groups is 1. The first kappa shape index (κ1) is 14.9. The summed E-state index contributed by atoms with van der Waals surface area (Å²) in [4.78, 5) is 11.8. The Morgan fingerprint density at radius 2 is 2.00 bits per heavy atom. The minimum atomic E-state index is -1.03. The van der Waals surface area contributed by atoms with Gasteiger partial charge >= 0.3 is 0 Å². The summed E-state index contributed by atoms with van der Waals surface area (Å²) in [6.07, 6.45) is 0.735. The Bertz CT molecular complexity index is 423. The molecule has 0 saturated carbocycles. The van der Waals surface area contributed by atoms with Gasteiger partial charge in [0, 0.05) is 17.5 Å². The van der Waals surface area contributed by atoms with Crippen molar-refractivity contribution in [3.05, 3.63) is 35.4 Å². The van der Waals surface area contributed by atoms with E-state index in [1.807, 2.05) is 13.8 Å². The predicted molar refractivity (Wildman–Crippen MR) is 67.8 cm³/mol. The first-order valence-corrected chi connectivity index (χ1v) is 6.29. The molecule has 2 nitrogen and oxygen atoms in total. The highest BCUT2D eigenvalue weighted by molar-refractivity contribution is 6.18. The smallest absolute Gasteiger partial charge is 0.251 e. The molecule has 0 bridgehead atoms. The molecule has 0 aliphatic rings. The van der Waals surface area contributed by atoms with Gasteiger partial charge in [0.25, 0.3) is 5.91 Å². The van der Waals surface area contributed by atoms with Crippen LogP contribution in [0.2, 0.25) is 0 Å². The summed E-state index contributed by atoms with van der Waals surface area (Å²) < 4.78 is 25.7. The molecule has 5 heteroatoms. The van der Waals surface area contributed by atoms with E-state index < -0.39 is 17.5 Å². The van der Waals surface area contributed by atoms with Gasteiger partial charge in [-0.2, -0.15) is 0 Å². The molecule has 1 atom stereocenters. The van der Waals surface area contributed by atoms with Crippen LogP contribution in [-0.4, -0.2) is 17.8 Å². The molecule has 0 fully saturated rings. The zero-order chi connectivity index (χ0) is 13.7. The molecular formula is C13H16ClF2NO. The van der Waals surface area contributed by atoms with E-state index in [1.54, 1.807) is 0 Å². The zero-order valence-electron chi connectivity index (χ0n) is 10.3. The van der Waals surface area contributed by atoms with Crippen LogP contribution in [0.4, 0.5) is 8.78 Å². The Labute approximate surface area is 110 Å². The monoisotopic (exact) mass is 275 g/mol. The number of hydrogen-bond donors (Lipinski definition) is 1. The summed E-state index contributed by atoms with van der Waals surface area (Å²) in [6, 6.07) is 2.88. The van der Waals surface area contributed by atoms with Crippen LogP contribution in [0.25, 0.3) is 0 Å². The minimum absolute atomic E-state index is 0.0905. The number of hydrogen-bond acceptors (Lipinski definition) is 1. The van der Waals surface area contributed by atoms with Crippen molar-refractivity contribution in [3.8, 4) is 0 Å². The fourth-order valence-electron chi connectivity index (χ4n) is 1.64. The first-order chi connectivity index (χ1) is 8.43. The quantitative estimate of drug-likeness (QED) is 0.821. The third kappa shape index (κ3) is 4.26. The molecule has 1 rings (SSSR count). The molecule has 0 saturated heterocycles. The van der Waals surface area contributed by atoms with Crippen LogP contribution in [0.5, 0.6) is 0 Å². The number of alkyl halides is 1. The maximum absolute atomic E-state index is 13.0. The molecule has 100 valence electrons. The van der Waals surface area contributed by atoms with Crippen molar-refractivity contribution < 1.29 is 13.6 Å². The SMILES string of the molecule is CC(C)CC(CCl)NC(=O)c1ccc(F)c(F)c1. The van der Waals surface area contributed by atoms with E-state index in [9.17, 15) is 13.6 Å². The van der Waals surface area contributed by atoms with Crippen molar-refractivity contribution >= 4 is 17.5 Å². The summed E-state index contributed by atoms with van der Waals surface area (Å²) in [6.45, 7) is 4.03. The number of nitrogens with one attached hydrogen (secondary N) is 1. The maximum atomic E-state index is 13.0. The molecule has 1 amide bonds. The normalized spacial score (nSPS) is 12.6. The topological polar surface area (TPSA) is 29.1 Å². The maximum Gasteiger partial charge on any atom is 0.251 e. The van der Waals surface area contributed by atoms with Gasteiger partial charge in [0.05, 0.1) is 0 Å². The van der Waals surface area contributed by atoms with E-state index in [2.05, 4.69) is 5.32 Å². The van der Waals surface area contributed by atoms with Gasteiger partial charge in [0.15, 0.2) is 11.6 Å². The van der Waals surface area contributed by atoms with Crippen molar-refractivity contribution in [2.75, 3.05) is 5.88 Å². The van der Waals surface area contributed by atoms with Crippen LogP contribution in [0.1, 0.15) is 30.6 Å². The molecule has 0 aromatic heterocycles. The number of carbonyl (C=O) groups excluding carboxylic acids is 1. The molecule has 18 heavy (non-hydrogen) atoms. The molecule has 1 aromatic carbocycles. The number of halogens is 3. The van der Waals surface area contributed by atoms with Crippen LogP contribution < -0.4 is 5.32 Å². The molecule has 0 spiro atoms. The second kappa shape index (κ2) is 6.69. The van der Waals surface area contributed by atoms with Crippen LogP contribution in [0.3, 0.4) is 0 Å². The molecule has 1 aromatic rings. The molecule has 1 N–H and O–H groups in total. The highest BCUT2D eigenvalue weighted by Gasteiger charge is 2.15. The van der Waals surface area contributed by atoms with Gasteiger partial charge in [-0.25, -0.2) is 8.78 Å². The second-order valence-electron chi connectivity index (χ2n) is 4.58. The van der Waals surface area contributed by atoms with Gasteiger partial charge < -0.3 is 5.32 Å². The first-order valence-electron chi connectivity index (χ1n) is 5.76. The Morgan fingerprint density at radius 1 is 1.33 bits per heavy atom. The Morgan fingerprint density at radius 3 is 2.50 bits per heavy atom. The summed E-state index contributed by atoms with van der Waals surface area (Å²) >= 11 is 5.75. The van der Waals surface area contributed by atoms with Gasteiger partial charge in [0.2, 0.25) is 0 Å². The fourth-order valence-corrected chi connectivity index (χ4v) is 1.84. The van der Waals surface area contributed by atoms with Crippen LogP contribution in [-0.2, 0) is 0 Å². The Hall–Kier alpha value is -1.16. The third-order valence-electron chi connectivity index (χ3n) is 2.46. The van der Waals surface area contributed by atoms with Gasteiger partial charge in [-0.3, -0.25) is 4.79 Å². The van der Waals surface area contributed by atoms with Gasteiger partial charge in [-0.1, -0.05) is 13.8 Å². The summed E-state index contributed by atoms with van der Waals surface area (Å²) in [7, 11) is 0. The zero-order valence-corrected chi connectivity index (χ0v) is 11.1. The van der Waals surface area contributed by atoms with Crippen molar-refractivity contribution in [2.45, 2.75) is 26.3 Å². The lowest BCUT2D eigenvalue weighted by Gasteiger charge is -2.18. The molecule has 0 aliphatic carbocycles. The lowest BCUT2D eigenvalue weighted by molar-refractivity contribution is 0.0936. The van der Waals surface area contributed by atoms with Crippen molar-refractivity contribution in [1.82, 2.24) is 5.32 Å². The second-order valence-corrected chi connectivity index (χ2v) is 4.89. The van der Waals surface area contributed by atoms with E-state index in [1.165, 1.54) is 6.07 Å². The van der Waals surface area contributed by atoms with Gasteiger partial charge in [-0.05, 0) is 30.5 Å². The van der Waals surface area contributed by atoms with Crippen molar-refractivity contribution in [2.24, 2.45) is 5.92 Å². The molecule has 0 radical (unpaired) electrons. The van der Waals surface area contributed by atoms with Gasteiger partial charge in [-0.15, -0.1) is 11.6 Å². The highest BCUT2D eigenvalue weighted by atomic mass is 35.5. The summed E-state index contributed by atoms with van der Waals surface area (Å²) in [5, 5.41) is 2.70. The van der Waals surface area contributed by atoms with E-state index >= 15 is 0 Å². The largest absolute Gasteiger partial charge is 0.348 e. The predicted octanol–water partition coefficient (Wildman–Crippen LogP) is 3.35. The van der Waals surface area contributed by atoms with Gasteiger partial charge in [0.1, 0.15) is 0 Å². The van der Waals surface area contributed by atoms with Crippen LogP contribution >= 0.6 is 11.6 Å². The standard InChI is InChI=1S/C13H16ClF2NO/c1-8(2)5-10(7-14)17-13(18)9-3-4-11(15)12(16)6-9/h3-4,6,8,10H,5,7H2,1-2H3,(H,17,18). The number of benzene rings is 1. The third-order valence-corrected chi connectivity index (χ3v) is 2.83. The molecular weight excluding hydrogens is 260 g/mol. The molecule has 0 aliphatic heterocycles. The Balaban J connectivity index is 2.71. The average molecular weight is 276 g/mol. The van der Waals surface area contributed by atoms with Crippen molar-refractivity contribution in [1.29, 1.82) is 0 Å². The molecule has 0 heterocycles. The van der Waals surface area contributed by atoms with E-state index in [-0.39, 0.29) is 17.5 Å². The lowest BCUT2D eigenvalue weighted by atomic mass is 10.0. The van der Waals surface area contributed by atoms with E-state index in [0.29, 0.717) is 5.92 Å². The lowest BCUT2D eigenvalue weighted by Crippen LogP contribution is -2.37. The summed E-state index contributed by atoms with van der Waals surface area (Å²) in [5.41, 5.74) is 0.0905. The summed E-state index contributed by atoms with van der Waals surface area (Å²) in [5.74, 6) is -1.77. The number of rotatable bonds is 5. The highest BCUT2D eigenvalue weighted by Crippen LogP contribution is 2.11. The van der Waals surface area contributed by atoms with Crippen LogP contribution in [0, 0.1) is 17.6 Å². The number of amides is 1. The average Bonchev–Trinajstić information content (AvgIpc) is 2.31. The van der Waals surface area contributed by atoms with Crippen molar-refractivity contribution in [3.63, 3.8) is 0 Å². The Kier molecular flexibility index (Phi) is 5.54. The fraction of sp³-hybridized carbons (Fsp3) is 0.462. The van der Waals surface area contributed by atoms with Crippen LogP contribution in [0.15, 0.2) is 18.2 Å².